The third-order valence-corrected chi connectivity index (χ3v) is 4.86. The monoisotopic (exact) mass is 228 g/mol. The molecular formula is C15H20N2. The van der Waals surface area contributed by atoms with Gasteiger partial charge in [0.05, 0.1) is 0 Å². The Hall–Kier alpha value is -1.18. The molecule has 1 aromatic rings. The Morgan fingerprint density at radius 2 is 2.00 bits per heavy atom. The van der Waals surface area contributed by atoms with Crippen molar-refractivity contribution < 1.29 is 0 Å². The quantitative estimate of drug-likeness (QED) is 0.795. The fraction of sp³-hybridized carbons (Fsp3) is 0.600. The number of hydrogen-bond acceptors (Lipinski definition) is 2. The van der Waals surface area contributed by atoms with Crippen LogP contribution in [-0.2, 0) is 6.42 Å². The second-order valence-corrected chi connectivity index (χ2v) is 6.08. The van der Waals surface area contributed by atoms with Crippen molar-refractivity contribution in [2.24, 2.45) is 5.41 Å². The highest BCUT2D eigenvalue weighted by Crippen LogP contribution is 2.49. The first kappa shape index (κ1) is 9.81. The molecule has 0 atom stereocenters. The van der Waals surface area contributed by atoms with Gasteiger partial charge in [0.25, 0.3) is 0 Å². The Labute approximate surface area is 103 Å². The van der Waals surface area contributed by atoms with Crippen molar-refractivity contribution in [3.8, 4) is 0 Å². The molecule has 2 fully saturated rings. The maximum absolute atomic E-state index is 3.53. The van der Waals surface area contributed by atoms with Crippen molar-refractivity contribution in [1.29, 1.82) is 0 Å². The molecule has 1 spiro atoms. The minimum Gasteiger partial charge on any atom is -0.385 e. The largest absolute Gasteiger partial charge is 0.385 e. The summed E-state index contributed by atoms with van der Waals surface area (Å²) in [5, 5.41) is 3.53. The van der Waals surface area contributed by atoms with Gasteiger partial charge in [0.15, 0.2) is 0 Å². The predicted octanol–water partition coefficient (Wildman–Crippen LogP) is 3.04. The fourth-order valence-electron chi connectivity index (χ4n) is 3.58. The molecule has 1 saturated carbocycles. The average Bonchev–Trinajstić information content (AvgIpc) is 2.25. The lowest BCUT2D eigenvalue weighted by Crippen LogP contribution is -2.59. The van der Waals surface area contributed by atoms with Crippen molar-refractivity contribution in [2.75, 3.05) is 29.9 Å². The Kier molecular flexibility index (Phi) is 1.97. The number of nitrogens with one attached hydrogen (secondary N) is 1. The molecule has 4 rings (SSSR count). The number of aryl methyl sites for hydroxylation is 1. The highest BCUT2D eigenvalue weighted by molar-refractivity contribution is 5.64. The molecule has 90 valence electrons. The summed E-state index contributed by atoms with van der Waals surface area (Å²) in [6.45, 7) is 3.73. The molecule has 0 unspecified atom stereocenters. The van der Waals surface area contributed by atoms with Crippen LogP contribution in [0.3, 0.4) is 0 Å². The minimum atomic E-state index is 0.726. The van der Waals surface area contributed by atoms with Crippen LogP contribution in [0.1, 0.15) is 31.2 Å². The molecule has 0 amide bonds. The van der Waals surface area contributed by atoms with Gasteiger partial charge in [0.1, 0.15) is 0 Å². The minimum absolute atomic E-state index is 0.726. The summed E-state index contributed by atoms with van der Waals surface area (Å²) in [4.78, 5) is 2.55. The fourth-order valence-corrected chi connectivity index (χ4v) is 3.58. The highest BCUT2D eigenvalue weighted by atomic mass is 15.2. The molecule has 0 bridgehead atoms. The van der Waals surface area contributed by atoms with Crippen LogP contribution in [-0.4, -0.2) is 19.6 Å². The first-order chi connectivity index (χ1) is 8.35. The van der Waals surface area contributed by atoms with E-state index >= 15 is 0 Å². The van der Waals surface area contributed by atoms with Gasteiger partial charge in [0.2, 0.25) is 0 Å². The van der Waals surface area contributed by atoms with Gasteiger partial charge >= 0.3 is 0 Å². The molecule has 17 heavy (non-hydrogen) atoms. The Balaban J connectivity index is 1.54. The molecule has 0 aromatic heterocycles. The molecular weight excluding hydrogens is 208 g/mol. The van der Waals surface area contributed by atoms with Crippen LogP contribution in [0.15, 0.2) is 18.2 Å². The highest BCUT2D eigenvalue weighted by Gasteiger charge is 2.47. The summed E-state index contributed by atoms with van der Waals surface area (Å²) in [7, 11) is 0. The molecule has 2 nitrogen and oxygen atoms in total. The molecule has 2 heteroatoms. The summed E-state index contributed by atoms with van der Waals surface area (Å²) >= 11 is 0. The van der Waals surface area contributed by atoms with Gasteiger partial charge in [0, 0.05) is 36.4 Å². The normalized spacial score (nSPS) is 24.6. The van der Waals surface area contributed by atoms with Crippen LogP contribution in [0.25, 0.3) is 0 Å². The average molecular weight is 228 g/mol. The summed E-state index contributed by atoms with van der Waals surface area (Å²) in [5.41, 5.74) is 5.03. The van der Waals surface area contributed by atoms with Crippen molar-refractivity contribution in [3.05, 3.63) is 23.8 Å². The SMILES string of the molecule is c1cc2c(cc1N1CC3(CCC3)C1)NCCC2. The molecule has 1 N–H and O–H groups in total. The second-order valence-electron chi connectivity index (χ2n) is 6.08. The maximum Gasteiger partial charge on any atom is 0.0393 e. The maximum atomic E-state index is 3.53. The third-order valence-electron chi connectivity index (χ3n) is 4.86. The number of benzene rings is 1. The molecule has 0 radical (unpaired) electrons. The summed E-state index contributed by atoms with van der Waals surface area (Å²) < 4.78 is 0. The number of fused-ring (bicyclic) bond motifs is 1. The van der Waals surface area contributed by atoms with Crippen molar-refractivity contribution in [2.45, 2.75) is 32.1 Å². The molecule has 1 aromatic carbocycles. The summed E-state index contributed by atoms with van der Waals surface area (Å²) in [5.74, 6) is 0. The van der Waals surface area contributed by atoms with E-state index in [0.717, 1.165) is 12.0 Å². The molecule has 1 saturated heterocycles. The lowest BCUT2D eigenvalue weighted by Gasteiger charge is -2.57. The van der Waals surface area contributed by atoms with Crippen LogP contribution in [0.5, 0.6) is 0 Å². The van der Waals surface area contributed by atoms with Gasteiger partial charge in [-0.05, 0) is 43.4 Å². The van der Waals surface area contributed by atoms with E-state index in [-0.39, 0.29) is 0 Å². The van der Waals surface area contributed by atoms with Crippen molar-refractivity contribution in [3.63, 3.8) is 0 Å². The molecule has 2 aliphatic heterocycles. The van der Waals surface area contributed by atoms with Crippen molar-refractivity contribution >= 4 is 11.4 Å². The number of hydrogen-bond donors (Lipinski definition) is 1. The van der Waals surface area contributed by atoms with Crippen LogP contribution in [0.2, 0.25) is 0 Å². The van der Waals surface area contributed by atoms with Crippen LogP contribution < -0.4 is 10.2 Å². The van der Waals surface area contributed by atoms with E-state index in [1.54, 1.807) is 0 Å². The Morgan fingerprint density at radius 1 is 1.12 bits per heavy atom. The molecule has 1 aliphatic carbocycles. The van der Waals surface area contributed by atoms with Crippen LogP contribution >= 0.6 is 0 Å². The first-order valence-corrected chi connectivity index (χ1v) is 6.97. The van der Waals surface area contributed by atoms with Crippen LogP contribution in [0, 0.1) is 5.41 Å². The van der Waals surface area contributed by atoms with Crippen LogP contribution in [0.4, 0.5) is 11.4 Å². The Bertz CT molecular complexity index is 440. The molecule has 2 heterocycles. The van der Waals surface area contributed by atoms with Gasteiger partial charge in [-0.1, -0.05) is 12.5 Å². The van der Waals surface area contributed by atoms with E-state index < -0.39 is 0 Å². The van der Waals surface area contributed by atoms with E-state index in [0.29, 0.717) is 0 Å². The predicted molar refractivity (Wildman–Crippen MR) is 71.7 cm³/mol. The zero-order valence-corrected chi connectivity index (χ0v) is 10.3. The first-order valence-electron chi connectivity index (χ1n) is 6.97. The van der Waals surface area contributed by atoms with Gasteiger partial charge in [-0.15, -0.1) is 0 Å². The topological polar surface area (TPSA) is 15.3 Å². The van der Waals surface area contributed by atoms with E-state index in [9.17, 15) is 0 Å². The third kappa shape index (κ3) is 1.46. The second kappa shape index (κ2) is 3.41. The van der Waals surface area contributed by atoms with E-state index in [4.69, 9.17) is 0 Å². The Morgan fingerprint density at radius 3 is 2.76 bits per heavy atom. The lowest BCUT2D eigenvalue weighted by molar-refractivity contribution is 0.0904. The zero-order valence-electron chi connectivity index (χ0n) is 10.3. The van der Waals surface area contributed by atoms with Gasteiger partial charge in [-0.2, -0.15) is 0 Å². The number of rotatable bonds is 1. The van der Waals surface area contributed by atoms with Crippen molar-refractivity contribution in [1.82, 2.24) is 0 Å². The van der Waals surface area contributed by atoms with E-state index in [1.165, 1.54) is 62.1 Å². The summed E-state index contributed by atoms with van der Waals surface area (Å²) in [6.07, 6.45) is 6.91. The van der Waals surface area contributed by atoms with Gasteiger partial charge in [-0.3, -0.25) is 0 Å². The van der Waals surface area contributed by atoms with Gasteiger partial charge in [-0.25, -0.2) is 0 Å². The summed E-state index contributed by atoms with van der Waals surface area (Å²) in [6, 6.07) is 7.00. The number of nitrogens with zero attached hydrogens (tertiary/aromatic N) is 1. The van der Waals surface area contributed by atoms with Gasteiger partial charge < -0.3 is 10.2 Å². The smallest absolute Gasteiger partial charge is 0.0393 e. The van der Waals surface area contributed by atoms with E-state index in [1.807, 2.05) is 0 Å². The lowest BCUT2D eigenvalue weighted by atomic mass is 9.63. The molecule has 3 aliphatic rings. The zero-order chi connectivity index (χ0) is 11.3. The standard InChI is InChI=1S/C15H20N2/c1-3-12-4-5-13(9-14(12)16-8-1)17-10-15(11-17)6-2-7-15/h4-5,9,16H,1-3,6-8,10-11H2. The van der Waals surface area contributed by atoms with E-state index in [2.05, 4.69) is 28.4 Å². The number of anilines is 2.